The fourth-order valence-corrected chi connectivity index (χ4v) is 4.15. The molecule has 3 atom stereocenters. The van der Waals surface area contributed by atoms with E-state index in [0.29, 0.717) is 26.1 Å². The summed E-state index contributed by atoms with van der Waals surface area (Å²) >= 11 is 0. The first kappa shape index (κ1) is 18.7. The standard InChI is InChI=1S/C21H26N4O3/c1-24-19(26)10-16(11-22-21(27)18-8-5-9-28-18)20(24)17-12-23-25(14-17)13-15-6-3-2-4-7-15/h2-4,6-7,12,14,16,18,20H,5,8-11,13H2,1H3,(H,22,27)/t16-,18+,20+/m0/s1. The van der Waals surface area contributed by atoms with E-state index < -0.39 is 0 Å². The van der Waals surface area contributed by atoms with Gasteiger partial charge in [-0.25, -0.2) is 0 Å². The molecule has 2 fully saturated rings. The maximum atomic E-state index is 12.3. The second kappa shape index (κ2) is 8.14. The van der Waals surface area contributed by atoms with Crippen molar-refractivity contribution in [3.05, 3.63) is 53.9 Å². The van der Waals surface area contributed by atoms with E-state index in [0.717, 1.165) is 18.4 Å². The predicted molar refractivity (Wildman–Crippen MR) is 103 cm³/mol. The summed E-state index contributed by atoms with van der Waals surface area (Å²) in [4.78, 5) is 26.4. The van der Waals surface area contributed by atoms with Gasteiger partial charge in [-0.2, -0.15) is 5.10 Å². The van der Waals surface area contributed by atoms with Gasteiger partial charge in [0.15, 0.2) is 0 Å². The van der Waals surface area contributed by atoms with E-state index in [1.54, 1.807) is 4.90 Å². The van der Waals surface area contributed by atoms with E-state index in [1.165, 1.54) is 5.56 Å². The summed E-state index contributed by atoms with van der Waals surface area (Å²) in [5.74, 6) is 0.0485. The van der Waals surface area contributed by atoms with Gasteiger partial charge >= 0.3 is 0 Å². The Morgan fingerprint density at radius 1 is 1.32 bits per heavy atom. The molecule has 2 amide bonds. The van der Waals surface area contributed by atoms with Crippen molar-refractivity contribution in [1.29, 1.82) is 0 Å². The predicted octanol–water partition coefficient (Wildman–Crippen LogP) is 1.75. The number of nitrogens with zero attached hydrogens (tertiary/aromatic N) is 3. The first-order valence-electron chi connectivity index (χ1n) is 9.83. The normalized spacial score (nSPS) is 24.7. The van der Waals surface area contributed by atoms with E-state index in [1.807, 2.05) is 42.3 Å². The van der Waals surface area contributed by atoms with Crippen molar-refractivity contribution in [3.63, 3.8) is 0 Å². The molecule has 2 aromatic rings. The molecule has 7 heteroatoms. The molecule has 148 valence electrons. The zero-order valence-electron chi connectivity index (χ0n) is 16.1. The molecular formula is C21H26N4O3. The largest absolute Gasteiger partial charge is 0.368 e. The van der Waals surface area contributed by atoms with Crippen LogP contribution >= 0.6 is 0 Å². The molecular weight excluding hydrogens is 356 g/mol. The van der Waals surface area contributed by atoms with Crippen LogP contribution in [0.3, 0.4) is 0 Å². The number of benzene rings is 1. The molecule has 1 aromatic heterocycles. The lowest BCUT2D eigenvalue weighted by atomic mass is 9.95. The molecule has 2 aliphatic rings. The van der Waals surface area contributed by atoms with E-state index in [4.69, 9.17) is 4.74 Å². The van der Waals surface area contributed by atoms with Gasteiger partial charge in [-0.3, -0.25) is 14.3 Å². The highest BCUT2D eigenvalue weighted by molar-refractivity contribution is 5.82. The summed E-state index contributed by atoms with van der Waals surface area (Å²) in [6.07, 6.45) is 5.61. The van der Waals surface area contributed by atoms with Crippen LogP contribution in [0.2, 0.25) is 0 Å². The highest BCUT2D eigenvalue weighted by Gasteiger charge is 2.39. The monoisotopic (exact) mass is 382 g/mol. The molecule has 3 heterocycles. The lowest BCUT2D eigenvalue weighted by Crippen LogP contribution is -2.38. The summed E-state index contributed by atoms with van der Waals surface area (Å²) in [5, 5.41) is 7.46. The lowest BCUT2D eigenvalue weighted by molar-refractivity contribution is -0.130. The Labute approximate surface area is 164 Å². The van der Waals surface area contributed by atoms with Crippen molar-refractivity contribution in [2.24, 2.45) is 5.92 Å². The number of hydrogen-bond donors (Lipinski definition) is 1. The van der Waals surface area contributed by atoms with Crippen LogP contribution in [0, 0.1) is 5.92 Å². The van der Waals surface area contributed by atoms with Gasteiger partial charge in [0.1, 0.15) is 6.10 Å². The van der Waals surface area contributed by atoms with Crippen LogP contribution in [0.15, 0.2) is 42.7 Å². The highest BCUT2D eigenvalue weighted by Crippen LogP contribution is 2.36. The van der Waals surface area contributed by atoms with Crippen molar-refractivity contribution < 1.29 is 14.3 Å². The average molecular weight is 382 g/mol. The fraction of sp³-hybridized carbons (Fsp3) is 0.476. The molecule has 28 heavy (non-hydrogen) atoms. The van der Waals surface area contributed by atoms with Crippen LogP contribution in [0.25, 0.3) is 0 Å². The molecule has 2 aliphatic heterocycles. The SMILES string of the molecule is CN1C(=O)C[C@@H](CNC(=O)[C@H]2CCCO2)[C@@H]1c1cnn(Cc2ccccc2)c1. The molecule has 0 unspecified atom stereocenters. The number of rotatable bonds is 6. The Hall–Kier alpha value is -2.67. The van der Waals surface area contributed by atoms with Gasteiger partial charge in [-0.05, 0) is 18.4 Å². The van der Waals surface area contributed by atoms with Crippen LogP contribution in [-0.2, 0) is 20.9 Å². The summed E-state index contributed by atoms with van der Waals surface area (Å²) in [7, 11) is 1.82. The average Bonchev–Trinajstić information content (AvgIpc) is 3.43. The van der Waals surface area contributed by atoms with Gasteiger partial charge in [0.25, 0.3) is 0 Å². The summed E-state index contributed by atoms with van der Waals surface area (Å²) in [6.45, 7) is 1.79. The second-order valence-corrected chi connectivity index (χ2v) is 7.62. The molecule has 0 radical (unpaired) electrons. The Balaban J connectivity index is 1.43. The number of aromatic nitrogens is 2. The van der Waals surface area contributed by atoms with E-state index in [9.17, 15) is 9.59 Å². The number of likely N-dealkylation sites (tertiary alicyclic amines) is 1. The number of ether oxygens (including phenoxy) is 1. The van der Waals surface area contributed by atoms with Gasteiger partial charge in [-0.1, -0.05) is 30.3 Å². The molecule has 1 aromatic carbocycles. The molecule has 1 N–H and O–H groups in total. The number of nitrogens with one attached hydrogen (secondary N) is 1. The zero-order valence-corrected chi connectivity index (χ0v) is 16.1. The van der Waals surface area contributed by atoms with E-state index in [2.05, 4.69) is 22.5 Å². The van der Waals surface area contributed by atoms with Crippen LogP contribution in [-0.4, -0.2) is 52.8 Å². The van der Waals surface area contributed by atoms with Gasteiger partial charge in [0.05, 0.1) is 18.8 Å². The van der Waals surface area contributed by atoms with Gasteiger partial charge in [0.2, 0.25) is 11.8 Å². The third-order valence-corrected chi connectivity index (χ3v) is 5.64. The van der Waals surface area contributed by atoms with E-state index >= 15 is 0 Å². The minimum Gasteiger partial charge on any atom is -0.368 e. The molecule has 7 nitrogen and oxygen atoms in total. The van der Waals surface area contributed by atoms with Crippen LogP contribution in [0.1, 0.15) is 36.4 Å². The van der Waals surface area contributed by atoms with Crippen LogP contribution in [0.5, 0.6) is 0 Å². The number of carbonyl (C=O) groups is 2. The van der Waals surface area contributed by atoms with Crippen molar-refractivity contribution in [2.75, 3.05) is 20.2 Å². The fourth-order valence-electron chi connectivity index (χ4n) is 4.15. The number of hydrogen-bond acceptors (Lipinski definition) is 4. The van der Waals surface area contributed by atoms with Gasteiger partial charge < -0.3 is 15.0 Å². The third-order valence-electron chi connectivity index (χ3n) is 5.64. The first-order chi connectivity index (χ1) is 13.6. The number of amides is 2. The third kappa shape index (κ3) is 3.94. The molecule has 0 saturated carbocycles. The number of carbonyl (C=O) groups excluding carboxylic acids is 2. The minimum atomic E-state index is -0.345. The Kier molecular flexibility index (Phi) is 5.43. The van der Waals surface area contributed by atoms with Gasteiger partial charge in [-0.15, -0.1) is 0 Å². The molecule has 4 rings (SSSR count). The van der Waals surface area contributed by atoms with Crippen molar-refractivity contribution >= 4 is 11.8 Å². The Morgan fingerprint density at radius 2 is 2.14 bits per heavy atom. The molecule has 2 saturated heterocycles. The molecule has 0 spiro atoms. The van der Waals surface area contributed by atoms with Gasteiger partial charge in [0, 0.05) is 44.3 Å². The first-order valence-corrected chi connectivity index (χ1v) is 9.83. The van der Waals surface area contributed by atoms with Crippen molar-refractivity contribution in [3.8, 4) is 0 Å². The minimum absolute atomic E-state index is 0.0252. The molecule has 0 aliphatic carbocycles. The highest BCUT2D eigenvalue weighted by atomic mass is 16.5. The summed E-state index contributed by atoms with van der Waals surface area (Å²) in [5.41, 5.74) is 2.18. The maximum absolute atomic E-state index is 12.3. The zero-order chi connectivity index (χ0) is 19.5. The molecule has 0 bridgehead atoms. The topological polar surface area (TPSA) is 76.5 Å². The van der Waals surface area contributed by atoms with Crippen LogP contribution < -0.4 is 5.32 Å². The van der Waals surface area contributed by atoms with E-state index in [-0.39, 0.29) is 29.9 Å². The maximum Gasteiger partial charge on any atom is 0.249 e. The van der Waals surface area contributed by atoms with Crippen LogP contribution in [0.4, 0.5) is 0 Å². The van der Waals surface area contributed by atoms with Crippen molar-refractivity contribution in [2.45, 2.75) is 38.0 Å². The smallest absolute Gasteiger partial charge is 0.249 e. The lowest BCUT2D eigenvalue weighted by Gasteiger charge is -2.24. The second-order valence-electron chi connectivity index (χ2n) is 7.62. The quantitative estimate of drug-likeness (QED) is 0.826. The summed E-state index contributed by atoms with van der Waals surface area (Å²) < 4.78 is 7.33. The Bertz CT molecular complexity index is 829. The summed E-state index contributed by atoms with van der Waals surface area (Å²) in [6, 6.07) is 10.1. The Morgan fingerprint density at radius 3 is 2.89 bits per heavy atom. The van der Waals surface area contributed by atoms with Crippen molar-refractivity contribution in [1.82, 2.24) is 20.0 Å².